The van der Waals surface area contributed by atoms with Crippen molar-refractivity contribution in [3.8, 4) is 0 Å². The molecule has 0 heterocycles. The molecule has 0 fully saturated rings. The molecule has 0 aromatic rings. The van der Waals surface area contributed by atoms with Gasteiger partial charge in [0.05, 0.1) is 27.7 Å². The van der Waals surface area contributed by atoms with Crippen LogP contribution in [0, 0.1) is 0 Å². The van der Waals surface area contributed by atoms with Crippen molar-refractivity contribution < 1.29 is 42.1 Å². The SMILES string of the molecule is CCCCCCCC/C=C/C/C=C/CCCCC(=O)O[C@H](COC(=O)CCCCCCC/C=C/CCCCCCCC)COP(=O)([O-])OCC[N+](C)(C)C. The van der Waals surface area contributed by atoms with E-state index >= 15 is 0 Å². The van der Waals surface area contributed by atoms with E-state index in [9.17, 15) is 19.0 Å². The van der Waals surface area contributed by atoms with Gasteiger partial charge in [0.25, 0.3) is 7.82 Å². The third-order valence-corrected chi connectivity index (χ3v) is 10.1. The van der Waals surface area contributed by atoms with E-state index in [1.165, 1.54) is 83.5 Å². The van der Waals surface area contributed by atoms with E-state index in [-0.39, 0.29) is 26.1 Å². The Kier molecular flexibility index (Phi) is 35.6. The number of hydrogen-bond acceptors (Lipinski definition) is 8. The van der Waals surface area contributed by atoms with Crippen molar-refractivity contribution in [2.24, 2.45) is 0 Å². The van der Waals surface area contributed by atoms with Crippen LogP contribution < -0.4 is 4.89 Å². The van der Waals surface area contributed by atoms with E-state index in [4.69, 9.17) is 18.5 Å². The van der Waals surface area contributed by atoms with E-state index in [0.29, 0.717) is 23.9 Å². The summed E-state index contributed by atoms with van der Waals surface area (Å²) in [6.07, 6.45) is 40.3. The minimum Gasteiger partial charge on any atom is -0.756 e. The van der Waals surface area contributed by atoms with Gasteiger partial charge in [-0.2, -0.15) is 0 Å². The molecule has 1 unspecified atom stereocenters. The van der Waals surface area contributed by atoms with E-state index in [1.54, 1.807) is 0 Å². The van der Waals surface area contributed by atoms with Crippen LogP contribution in [0.1, 0.15) is 181 Å². The Bertz CT molecular complexity index is 1020. The first-order chi connectivity index (χ1) is 26.0. The fourth-order valence-electron chi connectivity index (χ4n) is 5.68. The topological polar surface area (TPSA) is 111 Å². The molecular weight excluding hydrogens is 701 g/mol. The third-order valence-electron chi connectivity index (χ3n) is 9.13. The summed E-state index contributed by atoms with van der Waals surface area (Å²) in [6.45, 7) is 4.16. The van der Waals surface area contributed by atoms with E-state index in [2.05, 4.69) is 50.3 Å². The van der Waals surface area contributed by atoms with Gasteiger partial charge in [-0.15, -0.1) is 0 Å². The molecule has 0 saturated carbocycles. The van der Waals surface area contributed by atoms with Gasteiger partial charge in [-0.25, -0.2) is 0 Å². The van der Waals surface area contributed by atoms with Gasteiger partial charge < -0.3 is 27.9 Å². The van der Waals surface area contributed by atoms with Gasteiger partial charge in [-0.1, -0.05) is 134 Å². The van der Waals surface area contributed by atoms with Crippen LogP contribution in [0.3, 0.4) is 0 Å². The van der Waals surface area contributed by atoms with Crippen molar-refractivity contribution in [1.82, 2.24) is 0 Å². The number of likely N-dealkylation sites (N-methyl/N-ethyl adjacent to an activating group) is 1. The first-order valence-corrected chi connectivity index (χ1v) is 23.2. The van der Waals surface area contributed by atoms with Crippen molar-refractivity contribution in [2.45, 2.75) is 187 Å². The average Bonchev–Trinajstić information content (AvgIpc) is 3.12. The Morgan fingerprint density at radius 1 is 0.574 bits per heavy atom. The normalized spacial score (nSPS) is 14.0. The molecule has 2 atom stereocenters. The molecule has 0 aliphatic carbocycles. The molecule has 0 bridgehead atoms. The van der Waals surface area contributed by atoms with Gasteiger partial charge in [0, 0.05) is 12.8 Å². The maximum atomic E-state index is 12.6. The molecule has 0 aliphatic rings. The summed E-state index contributed by atoms with van der Waals surface area (Å²) in [7, 11) is 1.14. The molecule has 0 saturated heterocycles. The zero-order chi connectivity index (χ0) is 40.0. The van der Waals surface area contributed by atoms with Crippen LogP contribution in [0.15, 0.2) is 36.5 Å². The highest BCUT2D eigenvalue weighted by molar-refractivity contribution is 7.45. The lowest BCUT2D eigenvalue weighted by atomic mass is 10.1. The second kappa shape index (κ2) is 36.8. The number of carbonyl (C=O) groups excluding carboxylic acids is 2. The van der Waals surface area contributed by atoms with Gasteiger partial charge in [0.15, 0.2) is 6.10 Å². The predicted octanol–water partition coefficient (Wildman–Crippen LogP) is 11.5. The van der Waals surface area contributed by atoms with Gasteiger partial charge >= 0.3 is 11.9 Å². The molecule has 0 amide bonds. The molecule has 0 radical (unpaired) electrons. The summed E-state index contributed by atoms with van der Waals surface area (Å²) in [6, 6.07) is 0. The number of esters is 2. The Morgan fingerprint density at radius 3 is 1.52 bits per heavy atom. The van der Waals surface area contributed by atoms with Gasteiger partial charge in [-0.05, 0) is 70.6 Å². The predicted molar refractivity (Wildman–Crippen MR) is 222 cm³/mol. The highest BCUT2D eigenvalue weighted by Crippen LogP contribution is 2.38. The van der Waals surface area contributed by atoms with Crippen molar-refractivity contribution in [2.75, 3.05) is 47.5 Å². The van der Waals surface area contributed by atoms with Crippen LogP contribution in [-0.2, 0) is 32.7 Å². The standard InChI is InChI=1S/C44H82NO8P/c1-6-8-10-12-14-16-18-20-22-24-26-28-30-32-34-36-43(46)50-40-42(41-52-54(48,49)51-39-38-45(3,4)5)53-44(47)37-35-33-31-29-27-25-23-21-19-17-15-13-11-9-7-2/h20-23,27,29,42H,6-19,24-26,28,30-41H2,1-5H3/b22-20+,23-21+,29-27+/t42-/m1/s1. The van der Waals surface area contributed by atoms with Crippen LogP contribution in [-0.4, -0.2) is 70.0 Å². The summed E-state index contributed by atoms with van der Waals surface area (Å²) >= 11 is 0. The highest BCUT2D eigenvalue weighted by Gasteiger charge is 2.21. The number of hydrogen-bond donors (Lipinski definition) is 0. The number of ether oxygens (including phenoxy) is 2. The fraction of sp³-hybridized carbons (Fsp3) is 0.818. The van der Waals surface area contributed by atoms with E-state index in [0.717, 1.165) is 57.8 Å². The molecule has 0 N–H and O–H groups in total. The Hall–Kier alpha value is -1.77. The number of rotatable bonds is 39. The molecule has 0 aliphatic heterocycles. The molecule has 9 nitrogen and oxygen atoms in total. The van der Waals surface area contributed by atoms with Crippen molar-refractivity contribution >= 4 is 19.8 Å². The Balaban J connectivity index is 4.44. The number of carbonyl (C=O) groups is 2. The second-order valence-corrected chi connectivity index (χ2v) is 17.1. The second-order valence-electron chi connectivity index (χ2n) is 15.7. The smallest absolute Gasteiger partial charge is 0.306 e. The number of allylic oxidation sites excluding steroid dienone is 6. The van der Waals surface area contributed by atoms with Crippen molar-refractivity contribution in [3.63, 3.8) is 0 Å². The largest absolute Gasteiger partial charge is 0.756 e. The Morgan fingerprint density at radius 2 is 1.00 bits per heavy atom. The Labute approximate surface area is 331 Å². The lowest BCUT2D eigenvalue weighted by molar-refractivity contribution is -0.870. The number of nitrogens with zero attached hydrogens (tertiary/aromatic N) is 1. The van der Waals surface area contributed by atoms with Crippen molar-refractivity contribution in [3.05, 3.63) is 36.5 Å². The molecule has 0 spiro atoms. The van der Waals surface area contributed by atoms with Gasteiger partial charge in [-0.3, -0.25) is 14.2 Å². The average molecular weight is 784 g/mol. The molecule has 0 rings (SSSR count). The first-order valence-electron chi connectivity index (χ1n) is 21.7. The fourth-order valence-corrected chi connectivity index (χ4v) is 6.41. The zero-order valence-corrected chi connectivity index (χ0v) is 36.3. The van der Waals surface area contributed by atoms with Crippen LogP contribution in [0.2, 0.25) is 0 Å². The maximum absolute atomic E-state index is 12.6. The first kappa shape index (κ1) is 52.2. The molecule has 0 aromatic heterocycles. The summed E-state index contributed by atoms with van der Waals surface area (Å²) in [5, 5.41) is 0. The summed E-state index contributed by atoms with van der Waals surface area (Å²) in [4.78, 5) is 37.5. The molecular formula is C44H82NO8P. The maximum Gasteiger partial charge on any atom is 0.306 e. The van der Waals surface area contributed by atoms with E-state index in [1.807, 2.05) is 21.1 Å². The van der Waals surface area contributed by atoms with Crippen LogP contribution in [0.4, 0.5) is 0 Å². The molecule has 316 valence electrons. The lowest BCUT2D eigenvalue weighted by Gasteiger charge is -2.28. The number of phosphoric ester groups is 1. The van der Waals surface area contributed by atoms with Crippen LogP contribution in [0.5, 0.6) is 0 Å². The zero-order valence-electron chi connectivity index (χ0n) is 35.4. The number of unbranched alkanes of at least 4 members (excludes halogenated alkanes) is 19. The summed E-state index contributed by atoms with van der Waals surface area (Å²) < 4.78 is 33.8. The molecule has 10 heteroatoms. The summed E-state index contributed by atoms with van der Waals surface area (Å²) in [5.41, 5.74) is 0. The van der Waals surface area contributed by atoms with Crippen LogP contribution >= 0.6 is 7.82 Å². The molecule has 0 aromatic carbocycles. The van der Waals surface area contributed by atoms with Gasteiger partial charge in [0.2, 0.25) is 0 Å². The monoisotopic (exact) mass is 784 g/mol. The summed E-state index contributed by atoms with van der Waals surface area (Å²) in [5.74, 6) is -0.882. The van der Waals surface area contributed by atoms with Gasteiger partial charge in [0.1, 0.15) is 19.8 Å². The van der Waals surface area contributed by atoms with Crippen LogP contribution in [0.25, 0.3) is 0 Å². The lowest BCUT2D eigenvalue weighted by Crippen LogP contribution is -2.37. The minimum absolute atomic E-state index is 0.0381. The third kappa shape index (κ3) is 39.9. The quantitative estimate of drug-likeness (QED) is 0.0199. The van der Waals surface area contributed by atoms with E-state index < -0.39 is 32.5 Å². The number of quaternary nitrogens is 1. The minimum atomic E-state index is -4.63. The number of phosphoric acid groups is 1. The highest BCUT2D eigenvalue weighted by atomic mass is 31.2. The van der Waals surface area contributed by atoms with Crippen molar-refractivity contribution in [1.29, 1.82) is 0 Å². The molecule has 54 heavy (non-hydrogen) atoms.